The minimum absolute atomic E-state index is 0.146. The van der Waals surface area contributed by atoms with Crippen molar-refractivity contribution in [3.05, 3.63) is 23.9 Å². The van der Waals surface area contributed by atoms with Crippen LogP contribution in [0, 0.1) is 12.3 Å². The maximum absolute atomic E-state index is 12.5. The number of halogens is 3. The first-order valence-corrected chi connectivity index (χ1v) is 4.75. The van der Waals surface area contributed by atoms with Crippen LogP contribution >= 0.6 is 0 Å². The first-order chi connectivity index (χ1) is 7.55. The summed E-state index contributed by atoms with van der Waals surface area (Å²) in [7, 11) is 0. The molecule has 0 spiro atoms. The van der Waals surface area contributed by atoms with Gasteiger partial charge in [-0.3, -0.25) is 0 Å². The highest BCUT2D eigenvalue weighted by atomic mass is 19.4. The zero-order valence-electron chi connectivity index (χ0n) is 8.51. The summed E-state index contributed by atoms with van der Waals surface area (Å²) in [5, 5.41) is 2.63. The molecule has 1 heterocycles. The highest BCUT2D eigenvalue weighted by Crippen LogP contribution is 2.33. The molecule has 0 aliphatic carbocycles. The van der Waals surface area contributed by atoms with Crippen molar-refractivity contribution in [3.8, 4) is 12.3 Å². The zero-order chi connectivity index (χ0) is 12.0. The Morgan fingerprint density at radius 3 is 2.81 bits per heavy atom. The molecule has 2 nitrogen and oxygen atoms in total. The number of nitrogens with zero attached hydrogens (tertiary/aromatic N) is 1. The highest BCUT2D eigenvalue weighted by molar-refractivity contribution is 5.45. The summed E-state index contributed by atoms with van der Waals surface area (Å²) in [6.07, 6.45) is 3.11. The molecular formula is C11H11F3N2. The average molecular weight is 228 g/mol. The minimum atomic E-state index is -4.39. The van der Waals surface area contributed by atoms with Crippen molar-refractivity contribution in [2.45, 2.75) is 19.0 Å². The SMILES string of the molecule is C#CCCCNc1ncccc1C(F)(F)F. The van der Waals surface area contributed by atoms with Gasteiger partial charge in [0.15, 0.2) is 0 Å². The lowest BCUT2D eigenvalue weighted by Crippen LogP contribution is -2.12. The van der Waals surface area contributed by atoms with Crippen LogP contribution in [-0.2, 0) is 6.18 Å². The predicted octanol–water partition coefficient (Wildman–Crippen LogP) is 2.93. The fraction of sp³-hybridized carbons (Fsp3) is 0.364. The lowest BCUT2D eigenvalue weighted by molar-refractivity contribution is -0.137. The summed E-state index contributed by atoms with van der Waals surface area (Å²) in [5.74, 6) is 2.27. The lowest BCUT2D eigenvalue weighted by atomic mass is 10.2. The molecular weight excluding hydrogens is 217 g/mol. The molecule has 0 saturated carbocycles. The van der Waals surface area contributed by atoms with Gasteiger partial charge in [-0.05, 0) is 18.6 Å². The van der Waals surface area contributed by atoms with Gasteiger partial charge in [0.2, 0.25) is 0 Å². The van der Waals surface area contributed by atoms with Gasteiger partial charge in [-0.2, -0.15) is 13.2 Å². The standard InChI is InChI=1S/C11H11F3N2/c1-2-3-4-7-15-10-9(11(12,13)14)6-5-8-16-10/h1,5-6,8H,3-4,7H2,(H,15,16). The van der Waals surface area contributed by atoms with Crippen LogP contribution in [0.1, 0.15) is 18.4 Å². The number of unbranched alkanes of at least 4 members (excludes halogenated alkanes) is 1. The van der Waals surface area contributed by atoms with E-state index < -0.39 is 11.7 Å². The monoisotopic (exact) mass is 228 g/mol. The van der Waals surface area contributed by atoms with Gasteiger partial charge in [-0.1, -0.05) is 0 Å². The van der Waals surface area contributed by atoms with E-state index in [1.54, 1.807) is 0 Å². The predicted molar refractivity (Wildman–Crippen MR) is 55.8 cm³/mol. The van der Waals surface area contributed by atoms with E-state index in [0.717, 1.165) is 6.07 Å². The van der Waals surface area contributed by atoms with Crippen molar-refractivity contribution in [1.82, 2.24) is 4.98 Å². The molecule has 0 radical (unpaired) electrons. The second kappa shape index (κ2) is 5.40. The van der Waals surface area contributed by atoms with E-state index in [9.17, 15) is 13.2 Å². The van der Waals surface area contributed by atoms with Crippen LogP contribution < -0.4 is 5.32 Å². The van der Waals surface area contributed by atoms with Gasteiger partial charge in [0.05, 0.1) is 5.56 Å². The van der Waals surface area contributed by atoms with E-state index in [0.29, 0.717) is 19.4 Å². The van der Waals surface area contributed by atoms with Crippen LogP contribution in [0.3, 0.4) is 0 Å². The van der Waals surface area contributed by atoms with E-state index >= 15 is 0 Å². The summed E-state index contributed by atoms with van der Waals surface area (Å²) in [6, 6.07) is 2.26. The number of terminal acetylenes is 1. The normalized spacial score (nSPS) is 10.9. The maximum atomic E-state index is 12.5. The van der Waals surface area contributed by atoms with Crippen LogP contribution in [0.4, 0.5) is 19.0 Å². The molecule has 86 valence electrons. The third-order valence-electron chi connectivity index (χ3n) is 1.90. The second-order valence-electron chi connectivity index (χ2n) is 3.13. The van der Waals surface area contributed by atoms with Crippen molar-refractivity contribution in [2.75, 3.05) is 11.9 Å². The first-order valence-electron chi connectivity index (χ1n) is 4.75. The molecule has 0 saturated heterocycles. The molecule has 1 aromatic rings. The summed E-state index contributed by atoms with van der Waals surface area (Å²) >= 11 is 0. The van der Waals surface area contributed by atoms with Crippen molar-refractivity contribution in [3.63, 3.8) is 0 Å². The number of rotatable bonds is 4. The Hall–Kier alpha value is -1.70. The van der Waals surface area contributed by atoms with Crippen molar-refractivity contribution in [1.29, 1.82) is 0 Å². The van der Waals surface area contributed by atoms with Crippen LogP contribution in [0.25, 0.3) is 0 Å². The number of alkyl halides is 3. The third-order valence-corrected chi connectivity index (χ3v) is 1.90. The number of hydrogen-bond acceptors (Lipinski definition) is 2. The maximum Gasteiger partial charge on any atom is 0.419 e. The van der Waals surface area contributed by atoms with E-state index in [4.69, 9.17) is 6.42 Å². The van der Waals surface area contributed by atoms with Gasteiger partial charge in [0.25, 0.3) is 0 Å². The molecule has 0 aliphatic heterocycles. The van der Waals surface area contributed by atoms with Crippen LogP contribution in [0.15, 0.2) is 18.3 Å². The van der Waals surface area contributed by atoms with Crippen molar-refractivity contribution in [2.24, 2.45) is 0 Å². The van der Waals surface area contributed by atoms with Crippen molar-refractivity contribution < 1.29 is 13.2 Å². The fourth-order valence-electron chi connectivity index (χ4n) is 1.17. The smallest absolute Gasteiger partial charge is 0.370 e. The highest BCUT2D eigenvalue weighted by Gasteiger charge is 2.33. The molecule has 1 rings (SSSR count). The summed E-state index contributed by atoms with van der Waals surface area (Å²) < 4.78 is 37.5. The lowest BCUT2D eigenvalue weighted by Gasteiger charge is -2.12. The molecule has 0 atom stereocenters. The third kappa shape index (κ3) is 3.46. The Morgan fingerprint density at radius 1 is 1.44 bits per heavy atom. The molecule has 0 fully saturated rings. The molecule has 16 heavy (non-hydrogen) atoms. The van der Waals surface area contributed by atoms with Crippen molar-refractivity contribution >= 4 is 5.82 Å². The van der Waals surface area contributed by atoms with Gasteiger partial charge in [0, 0.05) is 19.2 Å². The van der Waals surface area contributed by atoms with Crippen LogP contribution in [0.5, 0.6) is 0 Å². The molecule has 0 amide bonds. The minimum Gasteiger partial charge on any atom is -0.370 e. The Labute approximate surface area is 91.9 Å². The number of pyridine rings is 1. The van der Waals surface area contributed by atoms with Gasteiger partial charge >= 0.3 is 6.18 Å². The van der Waals surface area contributed by atoms with Gasteiger partial charge < -0.3 is 5.32 Å². The molecule has 0 unspecified atom stereocenters. The zero-order valence-corrected chi connectivity index (χ0v) is 8.51. The fourth-order valence-corrected chi connectivity index (χ4v) is 1.17. The molecule has 0 aliphatic rings. The molecule has 1 aromatic heterocycles. The van der Waals surface area contributed by atoms with Crippen LogP contribution in [0.2, 0.25) is 0 Å². The Balaban J connectivity index is 2.69. The quantitative estimate of drug-likeness (QED) is 0.633. The second-order valence-corrected chi connectivity index (χ2v) is 3.13. The van der Waals surface area contributed by atoms with E-state index in [1.807, 2.05) is 0 Å². The molecule has 0 aromatic carbocycles. The summed E-state index contributed by atoms with van der Waals surface area (Å²) in [6.45, 7) is 0.379. The average Bonchev–Trinajstić information content (AvgIpc) is 2.24. The van der Waals surface area contributed by atoms with E-state index in [2.05, 4.69) is 16.2 Å². The van der Waals surface area contributed by atoms with Gasteiger partial charge in [0.1, 0.15) is 5.82 Å². The van der Waals surface area contributed by atoms with Gasteiger partial charge in [-0.25, -0.2) is 4.98 Å². The number of anilines is 1. The topological polar surface area (TPSA) is 24.9 Å². The van der Waals surface area contributed by atoms with E-state index in [1.165, 1.54) is 12.3 Å². The number of hydrogen-bond donors (Lipinski definition) is 1. The largest absolute Gasteiger partial charge is 0.419 e. The number of nitrogens with one attached hydrogen (secondary N) is 1. The molecule has 1 N–H and O–H groups in total. The molecule has 5 heteroatoms. The summed E-state index contributed by atoms with van der Waals surface area (Å²) in [5.41, 5.74) is -0.754. The van der Waals surface area contributed by atoms with Crippen LogP contribution in [-0.4, -0.2) is 11.5 Å². The van der Waals surface area contributed by atoms with Gasteiger partial charge in [-0.15, -0.1) is 12.3 Å². The van der Waals surface area contributed by atoms with E-state index in [-0.39, 0.29) is 5.82 Å². The summed E-state index contributed by atoms with van der Waals surface area (Å²) in [4.78, 5) is 3.66. The number of aromatic nitrogens is 1. The molecule has 0 bridgehead atoms. The Kier molecular flexibility index (Phi) is 4.18. The Bertz CT molecular complexity index is 380. The Morgan fingerprint density at radius 2 is 2.19 bits per heavy atom. The first kappa shape index (κ1) is 12.4.